The highest BCUT2D eigenvalue weighted by Crippen LogP contribution is 2.35. The van der Waals surface area contributed by atoms with Crippen LogP contribution in [-0.4, -0.2) is 16.8 Å². The van der Waals surface area contributed by atoms with Crippen LogP contribution in [0, 0.1) is 6.92 Å². The van der Waals surface area contributed by atoms with E-state index in [0.29, 0.717) is 12.2 Å². The molecule has 15 heavy (non-hydrogen) atoms. The summed E-state index contributed by atoms with van der Waals surface area (Å²) in [5.41, 5.74) is 2.78. The molecule has 0 aliphatic heterocycles. The normalized spacial score (nSPS) is 11.1. The number of aromatic hydroxyl groups is 1. The molecule has 1 aromatic carbocycles. The molecular formula is C12H17BrO2. The van der Waals surface area contributed by atoms with Crippen molar-refractivity contribution < 1.29 is 10.2 Å². The molecule has 84 valence electrons. The quantitative estimate of drug-likeness (QED) is 0.888. The van der Waals surface area contributed by atoms with E-state index < -0.39 is 0 Å². The van der Waals surface area contributed by atoms with Crippen LogP contribution in [0.3, 0.4) is 0 Å². The average molecular weight is 273 g/mol. The van der Waals surface area contributed by atoms with Crippen molar-refractivity contribution in [1.29, 1.82) is 0 Å². The Morgan fingerprint density at radius 1 is 1.40 bits per heavy atom. The number of halogens is 1. The van der Waals surface area contributed by atoms with Gasteiger partial charge in [-0.1, -0.05) is 29.8 Å². The topological polar surface area (TPSA) is 40.5 Å². The Kier molecular flexibility index (Phi) is 4.17. The Labute approximate surface area is 99.1 Å². The van der Waals surface area contributed by atoms with Gasteiger partial charge in [0.1, 0.15) is 5.75 Å². The highest BCUT2D eigenvalue weighted by molar-refractivity contribution is 9.10. The van der Waals surface area contributed by atoms with Crippen LogP contribution in [0.1, 0.15) is 36.5 Å². The van der Waals surface area contributed by atoms with E-state index in [2.05, 4.69) is 15.9 Å². The highest BCUT2D eigenvalue weighted by atomic mass is 79.9. The van der Waals surface area contributed by atoms with Gasteiger partial charge in [0.25, 0.3) is 0 Å². The van der Waals surface area contributed by atoms with Crippen LogP contribution in [0.4, 0.5) is 0 Å². The van der Waals surface area contributed by atoms with Gasteiger partial charge in [-0.25, -0.2) is 0 Å². The lowest BCUT2D eigenvalue weighted by Gasteiger charge is -2.16. The predicted octanol–water partition coefficient (Wildman–Crippen LogP) is 3.12. The van der Waals surface area contributed by atoms with Crippen LogP contribution in [0.15, 0.2) is 10.5 Å². The molecule has 0 aliphatic rings. The fraction of sp³-hybridized carbons (Fsp3) is 0.500. The Morgan fingerprint density at radius 3 is 2.47 bits per heavy atom. The third-order valence-electron chi connectivity index (χ3n) is 2.64. The lowest BCUT2D eigenvalue weighted by atomic mass is 9.95. The molecule has 0 fully saturated rings. The standard InChI is InChI=1S/C12H17BrO2/c1-7(2)10-6-11(13)8(3)9(4-5-14)12(10)15/h6-7,14-15H,4-5H2,1-3H3. The average Bonchev–Trinajstić information content (AvgIpc) is 2.18. The minimum absolute atomic E-state index is 0.0579. The summed E-state index contributed by atoms with van der Waals surface area (Å²) in [5.74, 6) is 0.610. The summed E-state index contributed by atoms with van der Waals surface area (Å²) in [5, 5.41) is 19.0. The molecule has 2 nitrogen and oxygen atoms in total. The van der Waals surface area contributed by atoms with Crippen LogP contribution < -0.4 is 0 Å². The molecule has 1 rings (SSSR count). The molecule has 0 saturated carbocycles. The fourth-order valence-electron chi connectivity index (χ4n) is 1.67. The van der Waals surface area contributed by atoms with E-state index in [4.69, 9.17) is 5.11 Å². The first kappa shape index (κ1) is 12.5. The second-order valence-corrected chi connectivity index (χ2v) is 4.88. The molecule has 0 aliphatic carbocycles. The van der Waals surface area contributed by atoms with E-state index in [1.54, 1.807) is 0 Å². The van der Waals surface area contributed by atoms with Crippen LogP contribution >= 0.6 is 15.9 Å². The molecule has 3 heteroatoms. The molecular weight excluding hydrogens is 256 g/mol. The summed E-state index contributed by atoms with van der Waals surface area (Å²) in [7, 11) is 0. The molecule has 0 unspecified atom stereocenters. The van der Waals surface area contributed by atoms with E-state index in [-0.39, 0.29) is 12.5 Å². The first-order valence-corrected chi connectivity index (χ1v) is 5.90. The maximum Gasteiger partial charge on any atom is 0.122 e. The summed E-state index contributed by atoms with van der Waals surface area (Å²) in [4.78, 5) is 0. The Hall–Kier alpha value is -0.540. The van der Waals surface area contributed by atoms with E-state index in [0.717, 1.165) is 21.2 Å². The van der Waals surface area contributed by atoms with Crippen molar-refractivity contribution in [3.05, 3.63) is 27.2 Å². The van der Waals surface area contributed by atoms with Gasteiger partial charge in [-0.15, -0.1) is 0 Å². The minimum atomic E-state index is 0.0579. The molecule has 0 aromatic heterocycles. The monoisotopic (exact) mass is 272 g/mol. The zero-order chi connectivity index (χ0) is 11.6. The van der Waals surface area contributed by atoms with Gasteiger partial charge in [0.05, 0.1) is 0 Å². The smallest absolute Gasteiger partial charge is 0.122 e. The largest absolute Gasteiger partial charge is 0.507 e. The fourth-order valence-corrected chi connectivity index (χ4v) is 2.15. The van der Waals surface area contributed by atoms with Gasteiger partial charge in [-0.2, -0.15) is 0 Å². The second-order valence-electron chi connectivity index (χ2n) is 4.03. The van der Waals surface area contributed by atoms with Crippen molar-refractivity contribution in [2.75, 3.05) is 6.61 Å². The van der Waals surface area contributed by atoms with Crippen LogP contribution in [0.25, 0.3) is 0 Å². The molecule has 0 radical (unpaired) electrons. The number of phenols is 1. The Bertz CT molecular complexity index is 359. The first-order chi connectivity index (χ1) is 6.99. The lowest BCUT2D eigenvalue weighted by molar-refractivity contribution is 0.297. The molecule has 0 heterocycles. The predicted molar refractivity (Wildman–Crippen MR) is 65.4 cm³/mol. The third kappa shape index (κ3) is 2.52. The molecule has 2 N–H and O–H groups in total. The van der Waals surface area contributed by atoms with E-state index in [9.17, 15) is 5.11 Å². The van der Waals surface area contributed by atoms with Crippen molar-refractivity contribution in [2.45, 2.75) is 33.1 Å². The maximum absolute atomic E-state index is 10.1. The van der Waals surface area contributed by atoms with Crippen LogP contribution in [0.2, 0.25) is 0 Å². The number of rotatable bonds is 3. The van der Waals surface area contributed by atoms with Gasteiger partial charge >= 0.3 is 0 Å². The number of hydrogen-bond donors (Lipinski definition) is 2. The molecule has 0 atom stereocenters. The number of aliphatic hydroxyl groups is 1. The van der Waals surface area contributed by atoms with E-state index >= 15 is 0 Å². The van der Waals surface area contributed by atoms with E-state index in [1.807, 2.05) is 26.8 Å². The van der Waals surface area contributed by atoms with Crippen molar-refractivity contribution in [1.82, 2.24) is 0 Å². The van der Waals surface area contributed by atoms with Crippen molar-refractivity contribution >= 4 is 15.9 Å². The van der Waals surface area contributed by atoms with Crippen LogP contribution in [-0.2, 0) is 6.42 Å². The summed E-state index contributed by atoms with van der Waals surface area (Å²) in [6.07, 6.45) is 0.497. The molecule has 1 aromatic rings. The van der Waals surface area contributed by atoms with Gasteiger partial charge in [-0.05, 0) is 36.5 Å². The van der Waals surface area contributed by atoms with Gasteiger partial charge in [-0.3, -0.25) is 0 Å². The summed E-state index contributed by atoms with van der Waals surface area (Å²) in [6.45, 7) is 6.08. The summed E-state index contributed by atoms with van der Waals surface area (Å²) >= 11 is 3.48. The van der Waals surface area contributed by atoms with Gasteiger partial charge < -0.3 is 10.2 Å². The van der Waals surface area contributed by atoms with E-state index in [1.165, 1.54) is 0 Å². The number of phenolic OH excluding ortho intramolecular Hbond substituents is 1. The van der Waals surface area contributed by atoms with Crippen LogP contribution in [0.5, 0.6) is 5.75 Å². The van der Waals surface area contributed by atoms with Crippen molar-refractivity contribution in [3.8, 4) is 5.75 Å². The summed E-state index contributed by atoms with van der Waals surface area (Å²) in [6, 6.07) is 1.95. The highest BCUT2D eigenvalue weighted by Gasteiger charge is 2.15. The van der Waals surface area contributed by atoms with Crippen molar-refractivity contribution in [3.63, 3.8) is 0 Å². The van der Waals surface area contributed by atoms with Crippen molar-refractivity contribution in [2.24, 2.45) is 0 Å². The molecule has 0 bridgehead atoms. The maximum atomic E-state index is 10.1. The second kappa shape index (κ2) is 4.99. The number of hydrogen-bond acceptors (Lipinski definition) is 2. The summed E-state index contributed by atoms with van der Waals surface area (Å²) < 4.78 is 0.993. The SMILES string of the molecule is Cc1c(Br)cc(C(C)C)c(O)c1CCO. The van der Waals surface area contributed by atoms with Gasteiger partial charge in [0.15, 0.2) is 0 Å². The Morgan fingerprint density at radius 2 is 2.00 bits per heavy atom. The lowest BCUT2D eigenvalue weighted by Crippen LogP contribution is -2.00. The molecule has 0 saturated heterocycles. The van der Waals surface area contributed by atoms with Gasteiger partial charge in [0, 0.05) is 16.6 Å². The molecule has 0 spiro atoms. The zero-order valence-corrected chi connectivity index (χ0v) is 10.9. The minimum Gasteiger partial charge on any atom is -0.507 e. The third-order valence-corrected chi connectivity index (χ3v) is 3.46. The first-order valence-electron chi connectivity index (χ1n) is 5.10. The van der Waals surface area contributed by atoms with Gasteiger partial charge in [0.2, 0.25) is 0 Å². The zero-order valence-electron chi connectivity index (χ0n) is 9.34. The molecule has 0 amide bonds. The number of benzene rings is 1. The Balaban J connectivity index is 3.35. The number of aliphatic hydroxyl groups excluding tert-OH is 1.